The fourth-order valence-corrected chi connectivity index (χ4v) is 1.22. The molecule has 0 saturated heterocycles. The van der Waals surface area contributed by atoms with Crippen molar-refractivity contribution < 1.29 is 19.2 Å². The van der Waals surface area contributed by atoms with E-state index in [2.05, 4.69) is 10.3 Å². The van der Waals surface area contributed by atoms with Crippen LogP contribution in [0, 0.1) is 0 Å². The van der Waals surface area contributed by atoms with E-state index in [1.807, 2.05) is 0 Å². The standard InChI is InChI=1S/C10H8N2O4/c13-11-5-7-1-3-9(15-7)10-4-2-8(16-10)6-12-14/h1-6,13-14H/b11-5+,12-6+. The van der Waals surface area contributed by atoms with Crippen molar-refractivity contribution in [2.45, 2.75) is 0 Å². The Balaban J connectivity index is 2.27. The fourth-order valence-electron chi connectivity index (χ4n) is 1.22. The number of hydrogen-bond acceptors (Lipinski definition) is 6. The van der Waals surface area contributed by atoms with Crippen molar-refractivity contribution in [3.05, 3.63) is 35.8 Å². The van der Waals surface area contributed by atoms with Crippen molar-refractivity contribution in [2.75, 3.05) is 0 Å². The molecule has 82 valence electrons. The summed E-state index contributed by atoms with van der Waals surface area (Å²) in [6, 6.07) is 6.63. The summed E-state index contributed by atoms with van der Waals surface area (Å²) in [7, 11) is 0. The van der Waals surface area contributed by atoms with Crippen molar-refractivity contribution >= 4 is 12.4 Å². The van der Waals surface area contributed by atoms with Gasteiger partial charge in [0.15, 0.2) is 11.5 Å². The van der Waals surface area contributed by atoms with Gasteiger partial charge in [-0.2, -0.15) is 0 Å². The van der Waals surface area contributed by atoms with Gasteiger partial charge in [-0.25, -0.2) is 0 Å². The molecule has 0 aliphatic carbocycles. The van der Waals surface area contributed by atoms with E-state index >= 15 is 0 Å². The second kappa shape index (κ2) is 4.35. The van der Waals surface area contributed by atoms with Crippen LogP contribution in [0.3, 0.4) is 0 Å². The first kappa shape index (κ1) is 10.0. The third-order valence-electron chi connectivity index (χ3n) is 1.87. The summed E-state index contributed by atoms with van der Waals surface area (Å²) in [5.74, 6) is 1.80. The lowest BCUT2D eigenvalue weighted by Crippen LogP contribution is -1.73. The summed E-state index contributed by atoms with van der Waals surface area (Å²) >= 11 is 0. The maximum Gasteiger partial charge on any atom is 0.170 e. The summed E-state index contributed by atoms with van der Waals surface area (Å²) in [6.07, 6.45) is 2.34. The smallest absolute Gasteiger partial charge is 0.170 e. The summed E-state index contributed by atoms with van der Waals surface area (Å²) in [6.45, 7) is 0. The first-order valence-corrected chi connectivity index (χ1v) is 4.38. The Kier molecular flexibility index (Phi) is 2.73. The minimum atomic E-state index is 0.409. The van der Waals surface area contributed by atoms with Crippen LogP contribution < -0.4 is 0 Å². The number of hydrogen-bond donors (Lipinski definition) is 2. The summed E-state index contributed by atoms with van der Waals surface area (Å²) in [4.78, 5) is 0. The van der Waals surface area contributed by atoms with E-state index in [0.29, 0.717) is 23.0 Å². The van der Waals surface area contributed by atoms with Crippen LogP contribution in [0.15, 0.2) is 43.4 Å². The van der Waals surface area contributed by atoms with Crippen molar-refractivity contribution in [1.29, 1.82) is 0 Å². The van der Waals surface area contributed by atoms with Gasteiger partial charge in [-0.15, -0.1) is 0 Å². The van der Waals surface area contributed by atoms with Crippen LogP contribution in [0.2, 0.25) is 0 Å². The van der Waals surface area contributed by atoms with Gasteiger partial charge in [0.05, 0.1) is 0 Å². The topological polar surface area (TPSA) is 91.5 Å². The first-order valence-electron chi connectivity index (χ1n) is 4.38. The molecule has 2 rings (SSSR count). The molecule has 0 unspecified atom stereocenters. The number of rotatable bonds is 3. The molecule has 6 nitrogen and oxygen atoms in total. The van der Waals surface area contributed by atoms with Crippen molar-refractivity contribution in [2.24, 2.45) is 10.3 Å². The van der Waals surface area contributed by atoms with Crippen molar-refractivity contribution in [3.8, 4) is 11.5 Å². The Morgan fingerprint density at radius 2 is 1.25 bits per heavy atom. The van der Waals surface area contributed by atoms with Gasteiger partial charge in [0.25, 0.3) is 0 Å². The fraction of sp³-hybridized carbons (Fsp3) is 0. The number of nitrogens with zero attached hydrogens (tertiary/aromatic N) is 2. The van der Waals surface area contributed by atoms with Crippen LogP contribution in [-0.2, 0) is 0 Å². The maximum absolute atomic E-state index is 8.31. The van der Waals surface area contributed by atoms with Crippen LogP contribution in [0.25, 0.3) is 11.5 Å². The van der Waals surface area contributed by atoms with Gasteiger partial charge in [0.2, 0.25) is 0 Å². The van der Waals surface area contributed by atoms with Gasteiger partial charge in [-0.3, -0.25) is 0 Å². The molecule has 0 spiro atoms. The van der Waals surface area contributed by atoms with E-state index in [1.165, 1.54) is 12.4 Å². The Labute approximate surface area is 90.1 Å². The van der Waals surface area contributed by atoms with Gasteiger partial charge >= 0.3 is 0 Å². The van der Waals surface area contributed by atoms with Gasteiger partial charge < -0.3 is 19.2 Å². The molecule has 0 atom stereocenters. The molecular formula is C10H8N2O4. The highest BCUT2D eigenvalue weighted by atomic mass is 16.4. The van der Waals surface area contributed by atoms with Crippen LogP contribution >= 0.6 is 0 Å². The van der Waals surface area contributed by atoms with Crippen LogP contribution in [-0.4, -0.2) is 22.8 Å². The predicted molar refractivity (Wildman–Crippen MR) is 55.2 cm³/mol. The number of oxime groups is 2. The largest absolute Gasteiger partial charge is 0.452 e. The molecule has 2 N–H and O–H groups in total. The molecule has 0 aliphatic heterocycles. The highest BCUT2D eigenvalue weighted by Crippen LogP contribution is 2.23. The molecule has 0 aromatic carbocycles. The highest BCUT2D eigenvalue weighted by Gasteiger charge is 2.08. The van der Waals surface area contributed by atoms with Gasteiger partial charge in [-0.1, -0.05) is 10.3 Å². The van der Waals surface area contributed by atoms with E-state index in [-0.39, 0.29) is 0 Å². The molecule has 2 aromatic heterocycles. The van der Waals surface area contributed by atoms with Crippen LogP contribution in [0.4, 0.5) is 0 Å². The zero-order valence-corrected chi connectivity index (χ0v) is 8.07. The van der Waals surface area contributed by atoms with Gasteiger partial charge in [-0.05, 0) is 24.3 Å². The Morgan fingerprint density at radius 3 is 1.62 bits per heavy atom. The molecule has 2 heterocycles. The Morgan fingerprint density at radius 1 is 0.812 bits per heavy atom. The normalized spacial score (nSPS) is 11.8. The molecule has 6 heteroatoms. The molecule has 0 saturated carbocycles. The minimum absolute atomic E-state index is 0.409. The van der Waals surface area contributed by atoms with E-state index in [9.17, 15) is 0 Å². The van der Waals surface area contributed by atoms with E-state index < -0.39 is 0 Å². The monoisotopic (exact) mass is 220 g/mol. The van der Waals surface area contributed by atoms with Gasteiger partial charge in [0, 0.05) is 0 Å². The average Bonchev–Trinajstić information content (AvgIpc) is 2.87. The van der Waals surface area contributed by atoms with Crippen LogP contribution in [0.1, 0.15) is 11.5 Å². The lowest BCUT2D eigenvalue weighted by atomic mass is 10.3. The molecule has 0 aliphatic rings. The van der Waals surface area contributed by atoms with Crippen molar-refractivity contribution in [1.82, 2.24) is 0 Å². The molecule has 0 amide bonds. The summed E-state index contributed by atoms with van der Waals surface area (Å²) in [5.41, 5.74) is 0. The molecule has 16 heavy (non-hydrogen) atoms. The molecule has 0 bridgehead atoms. The summed E-state index contributed by atoms with van der Waals surface area (Å²) < 4.78 is 10.6. The highest BCUT2D eigenvalue weighted by molar-refractivity contribution is 5.78. The zero-order chi connectivity index (χ0) is 11.4. The summed E-state index contributed by atoms with van der Waals surface area (Å²) in [5, 5.41) is 22.3. The predicted octanol–water partition coefficient (Wildman–Crippen LogP) is 2.16. The van der Waals surface area contributed by atoms with Crippen molar-refractivity contribution in [3.63, 3.8) is 0 Å². The first-order chi connectivity index (χ1) is 7.83. The zero-order valence-electron chi connectivity index (χ0n) is 8.07. The lowest BCUT2D eigenvalue weighted by molar-refractivity contribution is 0.320. The second-order valence-electron chi connectivity index (χ2n) is 2.89. The molecular weight excluding hydrogens is 212 g/mol. The Hall–Kier alpha value is -2.50. The average molecular weight is 220 g/mol. The quantitative estimate of drug-likeness (QED) is 0.471. The number of furan rings is 2. The Bertz CT molecular complexity index is 476. The molecule has 0 radical (unpaired) electrons. The maximum atomic E-state index is 8.31. The lowest BCUT2D eigenvalue weighted by Gasteiger charge is -1.89. The van der Waals surface area contributed by atoms with Crippen LogP contribution in [0.5, 0.6) is 0 Å². The minimum Gasteiger partial charge on any atom is -0.452 e. The van der Waals surface area contributed by atoms with E-state index in [1.54, 1.807) is 24.3 Å². The van der Waals surface area contributed by atoms with Gasteiger partial charge in [0.1, 0.15) is 23.9 Å². The molecule has 2 aromatic rings. The SMILES string of the molecule is O/N=C/c1ccc(-c2ccc(/C=N/O)o2)o1. The molecule has 0 fully saturated rings. The second-order valence-corrected chi connectivity index (χ2v) is 2.89. The van der Waals surface area contributed by atoms with E-state index in [4.69, 9.17) is 19.2 Å². The third-order valence-corrected chi connectivity index (χ3v) is 1.87. The van der Waals surface area contributed by atoms with E-state index in [0.717, 1.165) is 0 Å². The third kappa shape index (κ3) is 1.95.